The second-order valence-electron chi connectivity index (χ2n) is 7.23. The highest BCUT2D eigenvalue weighted by atomic mass is 16.7. The van der Waals surface area contributed by atoms with Gasteiger partial charge in [-0.2, -0.15) is 4.98 Å². The number of hydrogen-bond donors (Lipinski definition) is 2. The highest BCUT2D eigenvalue weighted by molar-refractivity contribution is 5.92. The van der Waals surface area contributed by atoms with Crippen molar-refractivity contribution in [3.05, 3.63) is 60.0 Å². The van der Waals surface area contributed by atoms with E-state index in [-0.39, 0.29) is 19.2 Å². The van der Waals surface area contributed by atoms with E-state index in [2.05, 4.69) is 30.5 Å². The van der Waals surface area contributed by atoms with Gasteiger partial charge in [0.1, 0.15) is 11.5 Å². The Morgan fingerprint density at radius 1 is 1.03 bits per heavy atom. The molecule has 1 amide bonds. The summed E-state index contributed by atoms with van der Waals surface area (Å²) in [6.07, 6.45) is 1.59. The van der Waals surface area contributed by atoms with Crippen molar-refractivity contribution in [2.45, 2.75) is 6.54 Å². The number of carbonyl (C=O) groups excluding carboxylic acids is 1. The molecule has 1 aromatic carbocycles. The molecule has 0 atom stereocenters. The molecule has 1 fully saturated rings. The van der Waals surface area contributed by atoms with Crippen LogP contribution in [0.1, 0.15) is 16.2 Å². The maximum Gasteiger partial charge on any atom is 0.270 e. The topological polar surface area (TPSA) is 111 Å². The number of carbonyl (C=O) groups is 1. The highest BCUT2D eigenvalue weighted by Crippen LogP contribution is 2.35. The van der Waals surface area contributed by atoms with Crippen LogP contribution < -0.4 is 25.0 Å². The van der Waals surface area contributed by atoms with Gasteiger partial charge in [-0.15, -0.1) is 0 Å². The molecule has 0 spiro atoms. The maximum absolute atomic E-state index is 12.4. The molecule has 164 valence electrons. The minimum absolute atomic E-state index is 0.216. The van der Waals surface area contributed by atoms with Crippen LogP contribution >= 0.6 is 0 Å². The Morgan fingerprint density at radius 2 is 1.91 bits per heavy atom. The summed E-state index contributed by atoms with van der Waals surface area (Å²) in [5, 5.41) is 6.17. The number of hydrogen-bond acceptors (Lipinski definition) is 9. The molecule has 0 aliphatic carbocycles. The molecule has 4 heterocycles. The average molecular weight is 434 g/mol. The van der Waals surface area contributed by atoms with E-state index >= 15 is 0 Å². The van der Waals surface area contributed by atoms with Crippen molar-refractivity contribution in [1.29, 1.82) is 0 Å². The number of pyridine rings is 1. The molecule has 2 aromatic heterocycles. The Balaban J connectivity index is 1.37. The van der Waals surface area contributed by atoms with Crippen molar-refractivity contribution >= 4 is 23.4 Å². The summed E-state index contributed by atoms with van der Waals surface area (Å²) in [6.45, 7) is 3.10. The van der Waals surface area contributed by atoms with Gasteiger partial charge in [0.05, 0.1) is 25.5 Å². The minimum Gasteiger partial charge on any atom is -0.454 e. The van der Waals surface area contributed by atoms with Crippen LogP contribution in [0.5, 0.6) is 11.5 Å². The SMILES string of the molecule is O=C(NCc1cc(Nc2ccc3c(c2)OCO3)nc(N2CCOCC2)n1)c1ccccn1. The van der Waals surface area contributed by atoms with Crippen molar-refractivity contribution < 1.29 is 19.0 Å². The summed E-state index contributed by atoms with van der Waals surface area (Å²) in [6, 6.07) is 12.6. The smallest absolute Gasteiger partial charge is 0.270 e. The summed E-state index contributed by atoms with van der Waals surface area (Å²) in [5.74, 6) is 2.33. The number of morpholine rings is 1. The number of benzene rings is 1. The molecule has 32 heavy (non-hydrogen) atoms. The Kier molecular flexibility index (Phi) is 5.67. The quantitative estimate of drug-likeness (QED) is 0.603. The van der Waals surface area contributed by atoms with Gasteiger partial charge in [-0.3, -0.25) is 9.78 Å². The van der Waals surface area contributed by atoms with Crippen molar-refractivity contribution in [2.24, 2.45) is 0 Å². The number of nitrogens with zero attached hydrogens (tertiary/aromatic N) is 4. The van der Waals surface area contributed by atoms with Crippen molar-refractivity contribution in [2.75, 3.05) is 43.3 Å². The van der Waals surface area contributed by atoms with Gasteiger partial charge < -0.3 is 29.7 Å². The Hall–Kier alpha value is -3.92. The number of ether oxygens (including phenoxy) is 3. The van der Waals surface area contributed by atoms with Gasteiger partial charge >= 0.3 is 0 Å². The van der Waals surface area contributed by atoms with Crippen LogP contribution in [0.25, 0.3) is 0 Å². The lowest BCUT2D eigenvalue weighted by Gasteiger charge is -2.27. The molecule has 10 nitrogen and oxygen atoms in total. The third-order valence-corrected chi connectivity index (χ3v) is 5.03. The monoisotopic (exact) mass is 434 g/mol. The van der Waals surface area contributed by atoms with E-state index < -0.39 is 0 Å². The molecule has 0 radical (unpaired) electrons. The lowest BCUT2D eigenvalue weighted by molar-refractivity contribution is 0.0945. The second-order valence-corrected chi connectivity index (χ2v) is 7.23. The third kappa shape index (κ3) is 4.54. The fourth-order valence-corrected chi connectivity index (χ4v) is 3.42. The van der Waals surface area contributed by atoms with Crippen molar-refractivity contribution in [3.63, 3.8) is 0 Å². The summed E-state index contributed by atoms with van der Waals surface area (Å²) in [4.78, 5) is 27.9. The van der Waals surface area contributed by atoms with Crippen LogP contribution in [0.2, 0.25) is 0 Å². The van der Waals surface area contributed by atoms with E-state index in [0.29, 0.717) is 61.0 Å². The van der Waals surface area contributed by atoms with E-state index in [1.165, 1.54) is 0 Å². The van der Waals surface area contributed by atoms with Crippen LogP contribution in [-0.4, -0.2) is 54.0 Å². The number of nitrogens with one attached hydrogen (secondary N) is 2. The van der Waals surface area contributed by atoms with Crippen molar-refractivity contribution in [1.82, 2.24) is 20.3 Å². The maximum atomic E-state index is 12.4. The molecule has 0 bridgehead atoms. The molecule has 2 aliphatic heterocycles. The zero-order valence-electron chi connectivity index (χ0n) is 17.3. The molecule has 0 unspecified atom stereocenters. The van der Waals surface area contributed by atoms with Gasteiger partial charge in [0.2, 0.25) is 12.7 Å². The summed E-state index contributed by atoms with van der Waals surface area (Å²) in [5.41, 5.74) is 1.84. The Bertz CT molecular complexity index is 1100. The van der Waals surface area contributed by atoms with Crippen molar-refractivity contribution in [3.8, 4) is 11.5 Å². The average Bonchev–Trinajstić information content (AvgIpc) is 3.31. The van der Waals surface area contributed by atoms with E-state index in [1.807, 2.05) is 24.3 Å². The zero-order valence-corrected chi connectivity index (χ0v) is 17.3. The third-order valence-electron chi connectivity index (χ3n) is 5.03. The molecule has 10 heteroatoms. The molecule has 3 aromatic rings. The first-order chi connectivity index (χ1) is 15.7. The van der Waals surface area contributed by atoms with Gasteiger partial charge in [0, 0.05) is 37.1 Å². The van der Waals surface area contributed by atoms with Gasteiger partial charge in [-0.25, -0.2) is 4.98 Å². The standard InChI is InChI=1S/C22H22N6O4/c29-21(17-3-1-2-6-23-17)24-13-16-12-20(27-22(26-16)28-7-9-30-10-8-28)25-15-4-5-18-19(11-15)32-14-31-18/h1-6,11-12H,7-10,13-14H2,(H,24,29)(H,25,26,27). The van der Waals surface area contributed by atoms with Gasteiger partial charge in [-0.05, 0) is 24.3 Å². The van der Waals surface area contributed by atoms with Gasteiger partial charge in [0.25, 0.3) is 5.91 Å². The molecule has 1 saturated heterocycles. The first kappa shape index (κ1) is 20.0. The molecule has 0 saturated carbocycles. The van der Waals surface area contributed by atoms with Gasteiger partial charge in [0.15, 0.2) is 11.5 Å². The Morgan fingerprint density at radius 3 is 2.75 bits per heavy atom. The zero-order chi connectivity index (χ0) is 21.8. The fourth-order valence-electron chi connectivity index (χ4n) is 3.42. The number of rotatable bonds is 6. The summed E-state index contributed by atoms with van der Waals surface area (Å²) >= 11 is 0. The molecule has 5 rings (SSSR count). The van der Waals surface area contributed by atoms with Crippen LogP contribution in [-0.2, 0) is 11.3 Å². The highest BCUT2D eigenvalue weighted by Gasteiger charge is 2.18. The second kappa shape index (κ2) is 9.06. The summed E-state index contributed by atoms with van der Waals surface area (Å²) < 4.78 is 16.3. The lowest BCUT2D eigenvalue weighted by Crippen LogP contribution is -2.37. The fraction of sp³-hybridized carbons (Fsp3) is 0.273. The lowest BCUT2D eigenvalue weighted by atomic mass is 10.2. The van der Waals surface area contributed by atoms with Crippen LogP contribution in [0.3, 0.4) is 0 Å². The van der Waals surface area contributed by atoms with E-state index in [1.54, 1.807) is 24.4 Å². The number of fused-ring (bicyclic) bond motifs is 1. The first-order valence-corrected chi connectivity index (χ1v) is 10.3. The predicted molar refractivity (Wildman–Crippen MR) is 116 cm³/mol. The molecular weight excluding hydrogens is 412 g/mol. The largest absolute Gasteiger partial charge is 0.454 e. The Labute approximate surface area is 184 Å². The minimum atomic E-state index is -0.262. The predicted octanol–water partition coefficient (Wildman–Crippen LogP) is 2.11. The van der Waals surface area contributed by atoms with Crippen LogP contribution in [0, 0.1) is 0 Å². The summed E-state index contributed by atoms with van der Waals surface area (Å²) in [7, 11) is 0. The van der Waals surface area contributed by atoms with E-state index in [4.69, 9.17) is 14.2 Å². The first-order valence-electron chi connectivity index (χ1n) is 10.3. The number of amides is 1. The van der Waals surface area contributed by atoms with Crippen LogP contribution in [0.15, 0.2) is 48.7 Å². The molecule has 2 aliphatic rings. The number of anilines is 3. The molecular formula is C22H22N6O4. The van der Waals surface area contributed by atoms with Gasteiger partial charge in [-0.1, -0.05) is 6.07 Å². The van der Waals surface area contributed by atoms with Crippen LogP contribution in [0.4, 0.5) is 17.5 Å². The normalized spacial score (nSPS) is 14.8. The molecule has 2 N–H and O–H groups in total. The van der Waals surface area contributed by atoms with E-state index in [9.17, 15) is 4.79 Å². The number of aromatic nitrogens is 3. The van der Waals surface area contributed by atoms with E-state index in [0.717, 1.165) is 5.69 Å².